The van der Waals surface area contributed by atoms with Gasteiger partial charge < -0.3 is 19.8 Å². The first-order valence-corrected chi connectivity index (χ1v) is 14.8. The van der Waals surface area contributed by atoms with Crippen molar-refractivity contribution in [3.63, 3.8) is 0 Å². The highest BCUT2D eigenvalue weighted by molar-refractivity contribution is 8.02. The molecule has 1 unspecified atom stereocenters. The van der Waals surface area contributed by atoms with E-state index in [1.807, 2.05) is 53.5 Å². The maximum atomic E-state index is 14.6. The summed E-state index contributed by atoms with van der Waals surface area (Å²) in [6.45, 7) is 13.1. The largest absolute Gasteiger partial charge is 0.394 e. The van der Waals surface area contributed by atoms with Crippen LogP contribution < -0.4 is 4.90 Å². The van der Waals surface area contributed by atoms with Gasteiger partial charge in [0.2, 0.25) is 17.7 Å². The molecule has 3 amide bonds. The van der Waals surface area contributed by atoms with E-state index in [4.69, 9.17) is 0 Å². The fourth-order valence-electron chi connectivity index (χ4n) is 7.42. The lowest BCUT2D eigenvalue weighted by atomic mass is 9.77. The van der Waals surface area contributed by atoms with Gasteiger partial charge in [0.25, 0.3) is 0 Å². The molecule has 2 fully saturated rings. The summed E-state index contributed by atoms with van der Waals surface area (Å²) >= 11 is 1.58. The Bertz CT molecular complexity index is 1210. The van der Waals surface area contributed by atoms with Gasteiger partial charge in [0, 0.05) is 29.6 Å². The SMILES string of the molecule is C[C@H](CO)N1C(=O)[C@@H]2[C@@H]3C(=O)N(c4ccccc4)CC=C[C@@H]3S[C@@]23C=CCN(C(C)(C)CC(C)(C)C)C(=O)C13. The molecule has 1 spiro atoms. The number of aliphatic hydroxyl groups is 1. The summed E-state index contributed by atoms with van der Waals surface area (Å²) in [6, 6.07) is 8.20. The van der Waals surface area contributed by atoms with Crippen LogP contribution in [-0.2, 0) is 14.4 Å². The highest BCUT2D eigenvalue weighted by Crippen LogP contribution is 2.61. The third-order valence-corrected chi connectivity index (χ3v) is 10.3. The van der Waals surface area contributed by atoms with E-state index < -0.39 is 34.2 Å². The second-order valence-electron chi connectivity index (χ2n) is 13.2. The highest BCUT2D eigenvalue weighted by Gasteiger charge is 2.72. The van der Waals surface area contributed by atoms with Crippen molar-refractivity contribution in [3.8, 4) is 0 Å². The molecule has 0 bridgehead atoms. The maximum Gasteiger partial charge on any atom is 0.247 e. The van der Waals surface area contributed by atoms with Crippen LogP contribution in [0.2, 0.25) is 0 Å². The van der Waals surface area contributed by atoms with Gasteiger partial charge in [-0.2, -0.15) is 0 Å². The Morgan fingerprint density at radius 3 is 2.33 bits per heavy atom. The Morgan fingerprint density at radius 1 is 1.00 bits per heavy atom. The van der Waals surface area contributed by atoms with E-state index in [1.165, 1.54) is 0 Å². The summed E-state index contributed by atoms with van der Waals surface area (Å²) in [4.78, 5) is 48.4. The summed E-state index contributed by atoms with van der Waals surface area (Å²) in [5.41, 5.74) is 0.342. The monoisotopic (exact) mass is 551 g/mol. The minimum atomic E-state index is -0.890. The van der Waals surface area contributed by atoms with Gasteiger partial charge in [0.1, 0.15) is 6.04 Å². The van der Waals surface area contributed by atoms with E-state index in [2.05, 4.69) is 40.7 Å². The van der Waals surface area contributed by atoms with Crippen molar-refractivity contribution in [1.29, 1.82) is 0 Å². The van der Waals surface area contributed by atoms with E-state index in [1.54, 1.807) is 28.5 Å². The van der Waals surface area contributed by atoms with Crippen molar-refractivity contribution in [2.24, 2.45) is 17.3 Å². The fraction of sp³-hybridized carbons (Fsp3) is 0.581. The number of fused-ring (bicyclic) bond motifs is 2. The van der Waals surface area contributed by atoms with Gasteiger partial charge in [-0.05, 0) is 44.7 Å². The summed E-state index contributed by atoms with van der Waals surface area (Å²) in [5, 5.41) is 9.97. The Morgan fingerprint density at radius 2 is 1.69 bits per heavy atom. The van der Waals surface area contributed by atoms with Crippen LogP contribution in [0.15, 0.2) is 54.6 Å². The van der Waals surface area contributed by atoms with Crippen molar-refractivity contribution in [3.05, 3.63) is 54.6 Å². The van der Waals surface area contributed by atoms with Gasteiger partial charge in [0.05, 0.1) is 29.2 Å². The summed E-state index contributed by atoms with van der Waals surface area (Å²) in [7, 11) is 0. The first-order chi connectivity index (χ1) is 18.3. The lowest BCUT2D eigenvalue weighted by Crippen LogP contribution is -2.60. The Balaban J connectivity index is 1.60. The molecule has 4 aliphatic heterocycles. The minimum absolute atomic E-state index is 0.00297. The van der Waals surface area contributed by atoms with Crippen LogP contribution in [-0.4, -0.2) is 79.9 Å². The van der Waals surface area contributed by atoms with Crippen LogP contribution in [0, 0.1) is 17.3 Å². The smallest absolute Gasteiger partial charge is 0.247 e. The molecule has 5 rings (SSSR count). The number of hydrogen-bond acceptors (Lipinski definition) is 5. The zero-order chi connectivity index (χ0) is 28.3. The number of aliphatic hydroxyl groups excluding tert-OH is 1. The molecule has 7 nitrogen and oxygen atoms in total. The number of carbonyl (C=O) groups excluding carboxylic acids is 3. The second kappa shape index (κ2) is 9.81. The van der Waals surface area contributed by atoms with Crippen molar-refractivity contribution < 1.29 is 19.5 Å². The summed E-state index contributed by atoms with van der Waals surface area (Å²) < 4.78 is -0.890. The van der Waals surface area contributed by atoms with Crippen molar-refractivity contribution in [2.75, 3.05) is 24.6 Å². The van der Waals surface area contributed by atoms with E-state index in [9.17, 15) is 19.5 Å². The Kier molecular flexibility index (Phi) is 7.03. The second-order valence-corrected chi connectivity index (χ2v) is 14.7. The molecule has 4 aliphatic rings. The average molecular weight is 552 g/mol. The van der Waals surface area contributed by atoms with Gasteiger partial charge in [-0.3, -0.25) is 14.4 Å². The van der Waals surface area contributed by atoms with Crippen molar-refractivity contribution >= 4 is 35.2 Å². The van der Waals surface area contributed by atoms with Gasteiger partial charge in [-0.25, -0.2) is 0 Å². The Hall–Kier alpha value is -2.58. The molecular weight excluding hydrogens is 510 g/mol. The van der Waals surface area contributed by atoms with Crippen LogP contribution in [0.1, 0.15) is 48.0 Å². The van der Waals surface area contributed by atoms with Gasteiger partial charge in [-0.1, -0.05) is 63.3 Å². The highest BCUT2D eigenvalue weighted by atomic mass is 32.2. The number of amides is 3. The van der Waals surface area contributed by atoms with Gasteiger partial charge in [-0.15, -0.1) is 11.8 Å². The summed E-state index contributed by atoms with van der Waals surface area (Å²) in [6.07, 6.45) is 8.92. The molecule has 0 saturated carbocycles. The number of hydrogen-bond donors (Lipinski definition) is 1. The molecule has 4 heterocycles. The van der Waals surface area contributed by atoms with E-state index in [0.717, 1.165) is 12.1 Å². The predicted octanol–water partition coefficient (Wildman–Crippen LogP) is 3.88. The number of anilines is 1. The van der Waals surface area contributed by atoms with E-state index in [-0.39, 0.29) is 35.0 Å². The number of para-hydroxylation sites is 1. The van der Waals surface area contributed by atoms with E-state index in [0.29, 0.717) is 13.1 Å². The maximum absolute atomic E-state index is 14.6. The molecule has 1 N–H and O–H groups in total. The topological polar surface area (TPSA) is 81.2 Å². The third-order valence-electron chi connectivity index (χ3n) is 8.60. The molecule has 39 heavy (non-hydrogen) atoms. The predicted molar refractivity (Wildman–Crippen MR) is 155 cm³/mol. The van der Waals surface area contributed by atoms with Crippen molar-refractivity contribution in [2.45, 2.75) is 75.6 Å². The zero-order valence-electron chi connectivity index (χ0n) is 23.8. The van der Waals surface area contributed by atoms with Crippen LogP contribution in [0.25, 0.3) is 0 Å². The molecule has 0 radical (unpaired) electrons. The molecule has 210 valence electrons. The van der Waals surface area contributed by atoms with Gasteiger partial charge >= 0.3 is 0 Å². The lowest BCUT2D eigenvalue weighted by Gasteiger charge is -2.45. The molecule has 1 aromatic carbocycles. The number of thioether (sulfide) groups is 1. The number of likely N-dealkylation sites (tertiary alicyclic amines) is 1. The average Bonchev–Trinajstić information content (AvgIpc) is 3.18. The molecule has 0 aromatic heterocycles. The van der Waals surface area contributed by atoms with Crippen LogP contribution in [0.5, 0.6) is 0 Å². The lowest BCUT2D eigenvalue weighted by molar-refractivity contribution is -0.148. The molecule has 0 aliphatic carbocycles. The molecule has 1 aromatic rings. The Labute approximate surface area is 236 Å². The molecular formula is C31H41N3O4S. The first kappa shape index (κ1) is 28.0. The standard InChI is InChI=1S/C31H41N3O4S/c1-20(18-35)34-25-28(38)33(30(5,6)19-29(2,3)4)17-11-15-31(25)24(27(34)37)23-22(39-31)14-10-16-32(26(23)36)21-12-8-7-9-13-21/h7-15,20,22-25,35H,16-19H2,1-6H3/t20-,22+,23-,24+,25?,31+/m1/s1. The minimum Gasteiger partial charge on any atom is -0.394 e. The fourth-order valence-corrected chi connectivity index (χ4v) is 9.41. The normalized spacial score (nSPS) is 31.7. The zero-order valence-corrected chi connectivity index (χ0v) is 24.6. The third kappa shape index (κ3) is 4.53. The van der Waals surface area contributed by atoms with E-state index >= 15 is 0 Å². The number of rotatable bonds is 5. The van der Waals surface area contributed by atoms with Crippen LogP contribution >= 0.6 is 11.8 Å². The van der Waals surface area contributed by atoms with Gasteiger partial charge in [0.15, 0.2) is 0 Å². The first-order valence-electron chi connectivity index (χ1n) is 14.0. The number of nitrogens with zero attached hydrogens (tertiary/aromatic N) is 3. The molecule has 2 saturated heterocycles. The van der Waals surface area contributed by atoms with Crippen molar-refractivity contribution in [1.82, 2.24) is 9.80 Å². The summed E-state index contributed by atoms with van der Waals surface area (Å²) in [5.74, 6) is -1.71. The molecule has 6 atom stereocenters. The quantitative estimate of drug-likeness (QED) is 0.562. The number of carbonyl (C=O) groups is 3. The van der Waals surface area contributed by atoms with Crippen LogP contribution in [0.3, 0.4) is 0 Å². The number of benzene rings is 1. The molecule has 8 heteroatoms. The van der Waals surface area contributed by atoms with Crippen LogP contribution in [0.4, 0.5) is 5.69 Å².